The molecule has 0 aliphatic rings. The molecule has 0 N–H and O–H groups in total. The molecule has 1 unspecified atom stereocenters. The van der Waals surface area contributed by atoms with Crippen molar-refractivity contribution in [2.75, 3.05) is 13.2 Å². The largest absolute Gasteiger partial charge is 0.462 e. The van der Waals surface area contributed by atoms with Crippen LogP contribution in [-0.4, -0.2) is 37.2 Å². The van der Waals surface area contributed by atoms with Gasteiger partial charge in [0.15, 0.2) is 6.10 Å². The first kappa shape index (κ1) is 72.3. The number of hydrogen-bond acceptors (Lipinski definition) is 6. The van der Waals surface area contributed by atoms with E-state index < -0.39 is 6.10 Å². The molecule has 0 rings (SSSR count). The van der Waals surface area contributed by atoms with Crippen LogP contribution in [-0.2, 0) is 28.6 Å². The molecule has 0 saturated heterocycles. The minimum atomic E-state index is -0.791. The van der Waals surface area contributed by atoms with Gasteiger partial charge in [-0.15, -0.1) is 0 Å². The molecule has 0 spiro atoms. The molecular weight excluding hydrogens is 949 g/mol. The second-order valence-electron chi connectivity index (χ2n) is 20.2. The highest BCUT2D eigenvalue weighted by Crippen LogP contribution is 2.14. The molecule has 0 radical (unpaired) electrons. The summed E-state index contributed by atoms with van der Waals surface area (Å²) in [5.41, 5.74) is 0. The Morgan fingerprint density at radius 2 is 0.506 bits per heavy atom. The fraction of sp³-hybridized carbons (Fsp3) is 0.620. The van der Waals surface area contributed by atoms with Gasteiger partial charge in [-0.25, -0.2) is 0 Å². The van der Waals surface area contributed by atoms with Gasteiger partial charge >= 0.3 is 17.9 Å². The fourth-order valence-corrected chi connectivity index (χ4v) is 8.15. The topological polar surface area (TPSA) is 78.9 Å². The number of unbranched alkanes of at least 4 members (excludes halogenated alkanes) is 20. The lowest BCUT2D eigenvalue weighted by atomic mass is 10.1. The van der Waals surface area contributed by atoms with Crippen molar-refractivity contribution in [1.82, 2.24) is 0 Å². The first-order chi connectivity index (χ1) is 38.0. The van der Waals surface area contributed by atoms with Gasteiger partial charge in [0, 0.05) is 19.3 Å². The Labute approximate surface area is 474 Å². The van der Waals surface area contributed by atoms with Crippen LogP contribution in [0.5, 0.6) is 0 Å². The maximum Gasteiger partial charge on any atom is 0.306 e. The summed E-state index contributed by atoms with van der Waals surface area (Å²) in [5, 5.41) is 0. The molecule has 434 valence electrons. The summed E-state index contributed by atoms with van der Waals surface area (Å²) < 4.78 is 16.7. The molecule has 0 bridgehead atoms. The van der Waals surface area contributed by atoms with Crippen LogP contribution in [0, 0.1) is 0 Å². The normalized spacial score (nSPS) is 13.1. The quantitative estimate of drug-likeness (QED) is 0.0261. The average molecular weight is 1060 g/mol. The Bertz CT molecular complexity index is 1700. The highest BCUT2D eigenvalue weighted by Gasteiger charge is 2.19. The average Bonchev–Trinajstić information content (AvgIpc) is 3.43. The molecule has 6 nitrogen and oxygen atoms in total. The third-order valence-electron chi connectivity index (χ3n) is 12.8. The van der Waals surface area contributed by atoms with Gasteiger partial charge in [0.1, 0.15) is 13.2 Å². The van der Waals surface area contributed by atoms with E-state index in [-0.39, 0.29) is 31.1 Å². The van der Waals surface area contributed by atoms with Crippen LogP contribution in [0.2, 0.25) is 0 Å². The van der Waals surface area contributed by atoms with Crippen LogP contribution < -0.4 is 0 Å². The van der Waals surface area contributed by atoms with Crippen molar-refractivity contribution in [3.63, 3.8) is 0 Å². The third kappa shape index (κ3) is 62.0. The number of ether oxygens (including phenoxy) is 3. The van der Waals surface area contributed by atoms with Crippen LogP contribution in [0.25, 0.3) is 0 Å². The van der Waals surface area contributed by atoms with E-state index in [2.05, 4.69) is 167 Å². The molecule has 0 fully saturated rings. The van der Waals surface area contributed by atoms with Crippen molar-refractivity contribution in [1.29, 1.82) is 0 Å². The van der Waals surface area contributed by atoms with E-state index in [1.165, 1.54) is 64.2 Å². The predicted octanol–water partition coefficient (Wildman–Crippen LogP) is 21.5. The van der Waals surface area contributed by atoms with Gasteiger partial charge < -0.3 is 14.2 Å². The molecule has 0 amide bonds. The highest BCUT2D eigenvalue weighted by atomic mass is 16.6. The van der Waals surface area contributed by atoms with Gasteiger partial charge in [-0.05, 0) is 128 Å². The van der Waals surface area contributed by atoms with Gasteiger partial charge in [0.05, 0.1) is 0 Å². The molecule has 1 atom stereocenters. The maximum absolute atomic E-state index is 12.8. The van der Waals surface area contributed by atoms with Gasteiger partial charge in [-0.1, -0.05) is 263 Å². The van der Waals surface area contributed by atoms with Crippen molar-refractivity contribution in [3.05, 3.63) is 146 Å². The number of allylic oxidation sites excluding steroid dienone is 24. The van der Waals surface area contributed by atoms with Crippen LogP contribution in [0.4, 0.5) is 0 Å². The molecule has 0 heterocycles. The lowest BCUT2D eigenvalue weighted by Crippen LogP contribution is -2.30. The highest BCUT2D eigenvalue weighted by molar-refractivity contribution is 5.71. The lowest BCUT2D eigenvalue weighted by Gasteiger charge is -2.18. The zero-order chi connectivity index (χ0) is 55.7. The minimum Gasteiger partial charge on any atom is -0.462 e. The zero-order valence-electron chi connectivity index (χ0n) is 49.7. The third-order valence-corrected chi connectivity index (χ3v) is 12.8. The predicted molar refractivity (Wildman–Crippen MR) is 334 cm³/mol. The lowest BCUT2D eigenvalue weighted by molar-refractivity contribution is -0.167. The van der Waals surface area contributed by atoms with Gasteiger partial charge in [-0.2, -0.15) is 0 Å². The summed E-state index contributed by atoms with van der Waals surface area (Å²) in [5.74, 6) is -0.933. The molecule has 77 heavy (non-hydrogen) atoms. The van der Waals surface area contributed by atoms with E-state index in [9.17, 15) is 14.4 Å². The standard InChI is InChI=1S/C71H114O6/c1-4-7-10-13-15-17-19-21-23-25-27-28-29-30-31-32-33-34-35-36-37-38-39-40-41-42-44-45-47-49-51-53-55-58-61-64-70(73)76-67-68(66-75-69(72)63-60-57-12-9-6-3)77-71(74)65-62-59-56-54-52-50-48-46-43-26-24-22-20-18-16-14-11-8-5-2/h7,10,15-18,21-24,27-28,30-31,33-34,36-37,39-40,42-44,46,68H,4-6,8-9,11-14,19-20,25-26,29,32,35,38,41,45,47-67H2,1-3H3/b10-7-,17-15-,18-16-,23-21-,24-22-,28-27-,31-30-,34-33-,37-36-,40-39-,44-42-,46-43-. The molecule has 0 aromatic carbocycles. The first-order valence-corrected chi connectivity index (χ1v) is 31.3. The number of carbonyl (C=O) groups is 3. The van der Waals surface area contributed by atoms with E-state index >= 15 is 0 Å². The Hall–Kier alpha value is -4.71. The number of rotatable bonds is 55. The molecule has 0 aromatic heterocycles. The van der Waals surface area contributed by atoms with E-state index in [1.807, 2.05) is 0 Å². The zero-order valence-corrected chi connectivity index (χ0v) is 49.7. The Kier molecular flexibility index (Phi) is 59.9. The first-order valence-electron chi connectivity index (χ1n) is 31.3. The van der Waals surface area contributed by atoms with E-state index in [4.69, 9.17) is 14.2 Å². The fourth-order valence-electron chi connectivity index (χ4n) is 8.15. The summed E-state index contributed by atoms with van der Waals surface area (Å²) in [6.45, 7) is 6.39. The van der Waals surface area contributed by atoms with Crippen LogP contribution in [0.1, 0.15) is 265 Å². The smallest absolute Gasteiger partial charge is 0.306 e. The molecule has 0 aliphatic carbocycles. The number of hydrogen-bond donors (Lipinski definition) is 0. The summed E-state index contributed by atoms with van der Waals surface area (Å²) in [4.78, 5) is 37.9. The molecule has 0 saturated carbocycles. The van der Waals surface area contributed by atoms with Crippen LogP contribution in [0.3, 0.4) is 0 Å². The van der Waals surface area contributed by atoms with Crippen LogP contribution >= 0.6 is 0 Å². The van der Waals surface area contributed by atoms with E-state index in [0.29, 0.717) is 19.3 Å². The monoisotopic (exact) mass is 1060 g/mol. The summed E-state index contributed by atoms with van der Waals surface area (Å²) >= 11 is 0. The number of esters is 3. The van der Waals surface area contributed by atoms with Crippen molar-refractivity contribution < 1.29 is 28.6 Å². The molecule has 0 aliphatic heterocycles. The van der Waals surface area contributed by atoms with Gasteiger partial charge in [0.2, 0.25) is 0 Å². The van der Waals surface area contributed by atoms with E-state index in [1.54, 1.807) is 0 Å². The molecule has 6 heteroatoms. The summed E-state index contributed by atoms with van der Waals surface area (Å²) in [7, 11) is 0. The minimum absolute atomic E-state index is 0.0912. The molecular formula is C71H114O6. The SMILES string of the molecule is CC/C=C\C/C=C\C/C=C\C/C=C\C/C=C\C/C=C\C/C=C\C/C=C\C/C=C\CCCCCCCCCC(=O)OCC(COC(=O)CCCCCCC)OC(=O)CCCCCCCC/C=C\C/C=C\C/C=C\CCCCC. The Balaban J connectivity index is 4.11. The molecule has 0 aromatic rings. The summed E-state index contributed by atoms with van der Waals surface area (Å²) in [6.07, 6.45) is 91.8. The number of carbonyl (C=O) groups excluding carboxylic acids is 3. The second kappa shape index (κ2) is 63.8. The van der Waals surface area contributed by atoms with Crippen molar-refractivity contribution in [2.24, 2.45) is 0 Å². The summed E-state index contributed by atoms with van der Waals surface area (Å²) in [6, 6.07) is 0. The Morgan fingerprint density at radius 1 is 0.273 bits per heavy atom. The van der Waals surface area contributed by atoms with Gasteiger partial charge in [-0.3, -0.25) is 14.4 Å². The van der Waals surface area contributed by atoms with E-state index in [0.717, 1.165) is 161 Å². The van der Waals surface area contributed by atoms with Crippen molar-refractivity contribution in [2.45, 2.75) is 271 Å². The van der Waals surface area contributed by atoms with Crippen molar-refractivity contribution >= 4 is 17.9 Å². The maximum atomic E-state index is 12.8. The second-order valence-corrected chi connectivity index (χ2v) is 20.2. The van der Waals surface area contributed by atoms with Gasteiger partial charge in [0.25, 0.3) is 0 Å². The van der Waals surface area contributed by atoms with Crippen molar-refractivity contribution in [3.8, 4) is 0 Å². The Morgan fingerprint density at radius 3 is 0.818 bits per heavy atom. The van der Waals surface area contributed by atoms with Crippen LogP contribution in [0.15, 0.2) is 146 Å².